The normalized spacial score (nSPS) is 13.3. The van der Waals surface area contributed by atoms with Gasteiger partial charge >= 0.3 is 11.5 Å². The quantitative estimate of drug-likeness (QED) is 0.814. The van der Waals surface area contributed by atoms with Crippen LogP contribution in [0.15, 0.2) is 24.3 Å². The molecule has 1 aromatic carbocycles. The molecule has 1 atom stereocenters. The fourth-order valence-corrected chi connectivity index (χ4v) is 1.84. The number of aryl methyl sites for hydroxylation is 1. The first kappa shape index (κ1) is 14.8. The maximum absolute atomic E-state index is 12.0. The van der Waals surface area contributed by atoms with Crippen molar-refractivity contribution in [3.8, 4) is 0 Å². The molecule has 0 spiro atoms. The number of carbonyl (C=O) groups is 1. The van der Waals surface area contributed by atoms with E-state index in [1.165, 1.54) is 0 Å². The molecule has 0 fully saturated rings. The average molecular weight is 279 g/mol. The van der Waals surface area contributed by atoms with Crippen molar-refractivity contribution in [1.82, 2.24) is 4.72 Å². The van der Waals surface area contributed by atoms with Crippen LogP contribution in [0.3, 0.4) is 0 Å². The topological polar surface area (TPSA) is 49.3 Å². The summed E-state index contributed by atoms with van der Waals surface area (Å²) in [7, 11) is 0. The molecule has 3 nitrogen and oxygen atoms in total. The zero-order valence-electron chi connectivity index (χ0n) is 9.49. The number of rotatable bonds is 5. The van der Waals surface area contributed by atoms with Gasteiger partial charge < -0.3 is 5.11 Å². The average Bonchev–Trinajstić information content (AvgIpc) is 2.24. The number of nitrogens with one attached hydrogen (secondary N) is 1. The van der Waals surface area contributed by atoms with Crippen LogP contribution in [0, 0.1) is 6.92 Å². The summed E-state index contributed by atoms with van der Waals surface area (Å²) >= 11 is -0.536. The third-order valence-corrected chi connectivity index (χ3v) is 2.93. The molecule has 18 heavy (non-hydrogen) atoms. The highest BCUT2D eigenvalue weighted by Gasteiger charge is 2.31. The first-order valence-corrected chi connectivity index (χ1v) is 5.89. The van der Waals surface area contributed by atoms with E-state index >= 15 is 0 Å². The smallest absolute Gasteiger partial charge is 0.456 e. The second-order valence-electron chi connectivity index (χ2n) is 3.69. The molecule has 0 aromatic heterocycles. The first-order chi connectivity index (χ1) is 8.29. The molecule has 1 rings (SSSR count). The van der Waals surface area contributed by atoms with Gasteiger partial charge in [0.1, 0.15) is 6.04 Å². The van der Waals surface area contributed by atoms with E-state index in [9.17, 15) is 18.0 Å². The van der Waals surface area contributed by atoms with Gasteiger partial charge in [-0.1, -0.05) is 24.3 Å². The van der Waals surface area contributed by atoms with Crippen LogP contribution in [0.1, 0.15) is 11.1 Å². The van der Waals surface area contributed by atoms with E-state index in [0.717, 1.165) is 5.56 Å². The molecular formula is C11H12F3NO2S. The van der Waals surface area contributed by atoms with Gasteiger partial charge in [0, 0.05) is 11.9 Å². The summed E-state index contributed by atoms with van der Waals surface area (Å²) < 4.78 is 37.9. The number of hydrogen-bond acceptors (Lipinski definition) is 3. The van der Waals surface area contributed by atoms with Crippen molar-refractivity contribution in [3.63, 3.8) is 0 Å². The Morgan fingerprint density at radius 2 is 2.06 bits per heavy atom. The summed E-state index contributed by atoms with van der Waals surface area (Å²) in [5.74, 6) is -1.31. The second kappa shape index (κ2) is 6.10. The van der Waals surface area contributed by atoms with Gasteiger partial charge in [0.2, 0.25) is 0 Å². The fraction of sp³-hybridized carbons (Fsp3) is 0.364. The van der Waals surface area contributed by atoms with Gasteiger partial charge in [0.15, 0.2) is 0 Å². The molecule has 100 valence electrons. The molecule has 7 heteroatoms. The predicted octanol–water partition coefficient (Wildman–Crippen LogP) is 2.75. The fourth-order valence-electron chi connectivity index (χ4n) is 1.38. The number of halogens is 3. The standard InChI is InChI=1S/C11H12F3NO2S/c1-7-4-2-3-5-8(7)6-9(10(16)17)15-18-11(12,13)14/h2-5,9,15H,6H2,1H3,(H,16,17). The Bertz CT molecular complexity index is 423. The zero-order valence-corrected chi connectivity index (χ0v) is 10.3. The van der Waals surface area contributed by atoms with Crippen molar-refractivity contribution in [2.45, 2.75) is 24.9 Å². The number of alkyl halides is 3. The van der Waals surface area contributed by atoms with Gasteiger partial charge in [-0.15, -0.1) is 0 Å². The van der Waals surface area contributed by atoms with Crippen LogP contribution in [0.25, 0.3) is 0 Å². The van der Waals surface area contributed by atoms with Crippen molar-refractivity contribution in [3.05, 3.63) is 35.4 Å². The maximum Gasteiger partial charge on any atom is 0.456 e. The molecule has 0 aliphatic heterocycles. The van der Waals surface area contributed by atoms with Crippen molar-refractivity contribution in [2.75, 3.05) is 0 Å². The van der Waals surface area contributed by atoms with E-state index in [4.69, 9.17) is 5.11 Å². The van der Waals surface area contributed by atoms with Gasteiger partial charge in [-0.3, -0.25) is 4.79 Å². The lowest BCUT2D eigenvalue weighted by atomic mass is 10.0. The SMILES string of the molecule is Cc1ccccc1CC(NSC(F)(F)F)C(=O)O. The van der Waals surface area contributed by atoms with E-state index in [0.29, 0.717) is 5.56 Å². The van der Waals surface area contributed by atoms with Crippen molar-refractivity contribution in [2.24, 2.45) is 0 Å². The number of carboxylic acid groups (broad SMARTS) is 1. The molecule has 0 saturated carbocycles. The monoisotopic (exact) mass is 279 g/mol. The van der Waals surface area contributed by atoms with Gasteiger partial charge in [-0.2, -0.15) is 13.2 Å². The van der Waals surface area contributed by atoms with E-state index in [2.05, 4.69) is 0 Å². The molecular weight excluding hydrogens is 267 g/mol. The minimum Gasteiger partial charge on any atom is -0.480 e. The highest BCUT2D eigenvalue weighted by molar-refractivity contribution is 7.98. The van der Waals surface area contributed by atoms with Crippen molar-refractivity contribution in [1.29, 1.82) is 0 Å². The summed E-state index contributed by atoms with van der Waals surface area (Å²) in [5.41, 5.74) is -2.94. The Morgan fingerprint density at radius 1 is 1.44 bits per heavy atom. The Labute approximate surface area is 107 Å². The molecule has 1 aromatic rings. The summed E-state index contributed by atoms with van der Waals surface area (Å²) in [6, 6.07) is 5.71. The van der Waals surface area contributed by atoms with Crippen LogP contribution in [0.5, 0.6) is 0 Å². The van der Waals surface area contributed by atoms with Crippen LogP contribution in [-0.4, -0.2) is 22.6 Å². The lowest BCUT2D eigenvalue weighted by Crippen LogP contribution is -2.36. The summed E-state index contributed by atoms with van der Waals surface area (Å²) in [6.07, 6.45) is 0.00505. The molecule has 0 radical (unpaired) electrons. The first-order valence-electron chi connectivity index (χ1n) is 5.07. The molecule has 1 unspecified atom stereocenters. The Morgan fingerprint density at radius 3 is 2.56 bits per heavy atom. The van der Waals surface area contributed by atoms with Crippen molar-refractivity contribution >= 4 is 17.9 Å². The minimum absolute atomic E-state index is 0.00505. The molecule has 0 bridgehead atoms. The zero-order chi connectivity index (χ0) is 13.8. The summed E-state index contributed by atoms with van der Waals surface area (Å²) in [5, 5.41) is 8.88. The lowest BCUT2D eigenvalue weighted by Gasteiger charge is -2.16. The van der Waals surface area contributed by atoms with Crippen LogP contribution >= 0.6 is 11.9 Å². The predicted molar refractivity (Wildman–Crippen MR) is 63.1 cm³/mol. The Kier molecular flexibility index (Phi) is 5.03. The van der Waals surface area contributed by atoms with Gasteiger partial charge in [-0.25, -0.2) is 4.72 Å². The summed E-state index contributed by atoms with van der Waals surface area (Å²) in [6.45, 7) is 1.78. The van der Waals surface area contributed by atoms with Gasteiger partial charge in [0.05, 0.1) is 0 Å². The highest BCUT2D eigenvalue weighted by atomic mass is 32.2. The minimum atomic E-state index is -4.50. The molecule has 0 amide bonds. The van der Waals surface area contributed by atoms with Crippen LogP contribution in [0.2, 0.25) is 0 Å². The third kappa shape index (κ3) is 4.97. The molecule has 0 aliphatic rings. The van der Waals surface area contributed by atoms with E-state index in [1.54, 1.807) is 31.2 Å². The van der Waals surface area contributed by atoms with Crippen LogP contribution in [0.4, 0.5) is 13.2 Å². The number of carboxylic acids is 1. The summed E-state index contributed by atoms with van der Waals surface area (Å²) in [4.78, 5) is 10.9. The second-order valence-corrected chi connectivity index (χ2v) is 4.59. The van der Waals surface area contributed by atoms with E-state index < -0.39 is 29.5 Å². The molecule has 0 aliphatic carbocycles. The molecule has 2 N–H and O–H groups in total. The van der Waals surface area contributed by atoms with Gasteiger partial charge in [0.25, 0.3) is 0 Å². The van der Waals surface area contributed by atoms with Crippen LogP contribution < -0.4 is 4.72 Å². The van der Waals surface area contributed by atoms with Crippen LogP contribution in [-0.2, 0) is 11.2 Å². The third-order valence-electron chi connectivity index (χ3n) is 2.30. The van der Waals surface area contributed by atoms with Crippen molar-refractivity contribution < 1.29 is 23.1 Å². The molecule has 0 saturated heterocycles. The number of benzene rings is 1. The highest BCUT2D eigenvalue weighted by Crippen LogP contribution is 2.28. The molecule has 0 heterocycles. The number of aliphatic carboxylic acids is 1. The Balaban J connectivity index is 2.70. The Hall–Kier alpha value is -1.21. The maximum atomic E-state index is 12.0. The van der Waals surface area contributed by atoms with E-state index in [1.807, 2.05) is 4.72 Å². The number of hydrogen-bond donors (Lipinski definition) is 2. The largest absolute Gasteiger partial charge is 0.480 e. The van der Waals surface area contributed by atoms with Gasteiger partial charge in [-0.05, 0) is 24.5 Å². The van der Waals surface area contributed by atoms with E-state index in [-0.39, 0.29) is 6.42 Å². The lowest BCUT2D eigenvalue weighted by molar-refractivity contribution is -0.138.